The second-order valence-corrected chi connectivity index (χ2v) is 8.50. The SMILES string of the molecule is C/C=C/C=C/C(=O)O[C@@H]1C=C2COC(=O)[C@]2(O)[C@@]2(C)CCCC(C)(C)[C@H]12. The highest BCUT2D eigenvalue weighted by Gasteiger charge is 2.69. The van der Waals surface area contributed by atoms with Gasteiger partial charge in [0.1, 0.15) is 12.7 Å². The average molecular weight is 360 g/mol. The van der Waals surface area contributed by atoms with E-state index in [1.54, 1.807) is 18.2 Å². The van der Waals surface area contributed by atoms with Gasteiger partial charge in [-0.3, -0.25) is 0 Å². The van der Waals surface area contributed by atoms with Crippen molar-refractivity contribution in [3.05, 3.63) is 36.0 Å². The van der Waals surface area contributed by atoms with Crippen LogP contribution in [0.4, 0.5) is 0 Å². The Morgan fingerprint density at radius 3 is 2.73 bits per heavy atom. The maximum atomic E-state index is 12.5. The molecule has 1 heterocycles. The van der Waals surface area contributed by atoms with E-state index in [1.807, 2.05) is 19.9 Å². The molecule has 0 aromatic rings. The highest BCUT2D eigenvalue weighted by atomic mass is 16.6. The largest absolute Gasteiger partial charge is 0.459 e. The van der Waals surface area contributed by atoms with E-state index in [2.05, 4.69) is 13.8 Å². The predicted molar refractivity (Wildman–Crippen MR) is 97.1 cm³/mol. The summed E-state index contributed by atoms with van der Waals surface area (Å²) in [7, 11) is 0. The van der Waals surface area contributed by atoms with Gasteiger partial charge in [-0.05, 0) is 31.3 Å². The summed E-state index contributed by atoms with van der Waals surface area (Å²) in [6.45, 7) is 8.10. The molecule has 142 valence electrons. The standard InChI is InChI=1S/C21H28O5/c1-5-6-7-9-16(22)26-15-12-14-13-25-18(23)21(14,24)20(4)11-8-10-19(2,3)17(15)20/h5-7,9,12,15,17,24H,8,10-11,13H2,1-4H3/b6-5+,9-7+/t15-,17+,20+,21+/m1/s1. The number of carbonyl (C=O) groups is 2. The van der Waals surface area contributed by atoms with E-state index in [0.29, 0.717) is 12.0 Å². The van der Waals surface area contributed by atoms with E-state index in [9.17, 15) is 14.7 Å². The van der Waals surface area contributed by atoms with Crippen LogP contribution in [0.2, 0.25) is 0 Å². The van der Waals surface area contributed by atoms with Crippen LogP contribution in [0.3, 0.4) is 0 Å². The molecule has 0 bridgehead atoms. The van der Waals surface area contributed by atoms with E-state index in [0.717, 1.165) is 12.8 Å². The van der Waals surface area contributed by atoms with Crippen LogP contribution in [0, 0.1) is 16.7 Å². The lowest BCUT2D eigenvalue weighted by molar-refractivity contribution is -0.194. The van der Waals surface area contributed by atoms with E-state index in [-0.39, 0.29) is 17.9 Å². The smallest absolute Gasteiger partial charge is 0.343 e. The fourth-order valence-electron chi connectivity index (χ4n) is 5.36. The van der Waals surface area contributed by atoms with E-state index < -0.39 is 29.1 Å². The van der Waals surface area contributed by atoms with Gasteiger partial charge in [-0.1, -0.05) is 45.4 Å². The number of esters is 2. The van der Waals surface area contributed by atoms with Crippen molar-refractivity contribution in [3.8, 4) is 0 Å². The van der Waals surface area contributed by atoms with Crippen molar-refractivity contribution < 1.29 is 24.2 Å². The van der Waals surface area contributed by atoms with Crippen LogP contribution in [0.25, 0.3) is 0 Å². The minimum Gasteiger partial charge on any atom is -0.459 e. The fourth-order valence-corrected chi connectivity index (χ4v) is 5.36. The van der Waals surface area contributed by atoms with Crippen LogP contribution < -0.4 is 0 Å². The Hall–Kier alpha value is -1.88. The lowest BCUT2D eigenvalue weighted by Gasteiger charge is -2.59. The number of aliphatic hydroxyl groups is 1. The van der Waals surface area contributed by atoms with Crippen molar-refractivity contribution in [2.45, 2.75) is 58.7 Å². The summed E-state index contributed by atoms with van der Waals surface area (Å²) in [5.74, 6) is -1.18. The summed E-state index contributed by atoms with van der Waals surface area (Å²) in [4.78, 5) is 24.7. The first kappa shape index (κ1) is 18.9. The number of rotatable bonds is 3. The Bertz CT molecular complexity index is 701. The van der Waals surface area contributed by atoms with Crippen LogP contribution in [-0.2, 0) is 19.1 Å². The molecule has 26 heavy (non-hydrogen) atoms. The van der Waals surface area contributed by atoms with Crippen molar-refractivity contribution in [3.63, 3.8) is 0 Å². The van der Waals surface area contributed by atoms with Gasteiger partial charge in [0.15, 0.2) is 5.60 Å². The molecule has 0 unspecified atom stereocenters. The second kappa shape index (κ2) is 6.38. The highest BCUT2D eigenvalue weighted by molar-refractivity contribution is 5.88. The number of allylic oxidation sites excluding steroid dienone is 3. The van der Waals surface area contributed by atoms with E-state index in [1.165, 1.54) is 6.08 Å². The van der Waals surface area contributed by atoms with Gasteiger partial charge in [-0.25, -0.2) is 9.59 Å². The summed E-state index contributed by atoms with van der Waals surface area (Å²) in [6, 6.07) is 0. The number of ether oxygens (including phenoxy) is 2. The van der Waals surface area contributed by atoms with Gasteiger partial charge in [-0.15, -0.1) is 0 Å². The molecule has 0 spiro atoms. The number of cyclic esters (lactones) is 1. The quantitative estimate of drug-likeness (QED) is 0.362. The number of carbonyl (C=O) groups excluding carboxylic acids is 2. The molecule has 0 aromatic heterocycles. The van der Waals surface area contributed by atoms with Gasteiger partial charge >= 0.3 is 11.9 Å². The van der Waals surface area contributed by atoms with Crippen molar-refractivity contribution in [1.82, 2.24) is 0 Å². The third kappa shape index (κ3) is 2.64. The Labute approximate surface area is 154 Å². The van der Waals surface area contributed by atoms with Crippen LogP contribution in [0.1, 0.15) is 47.0 Å². The Morgan fingerprint density at radius 1 is 1.31 bits per heavy atom. The molecule has 1 aliphatic heterocycles. The Morgan fingerprint density at radius 2 is 2.04 bits per heavy atom. The zero-order chi connectivity index (χ0) is 19.2. The molecule has 2 fully saturated rings. The molecule has 0 amide bonds. The zero-order valence-electron chi connectivity index (χ0n) is 16.0. The van der Waals surface area contributed by atoms with Crippen LogP contribution in [0.5, 0.6) is 0 Å². The lowest BCUT2D eigenvalue weighted by atomic mass is 9.46. The molecule has 1 saturated heterocycles. The molecule has 5 nitrogen and oxygen atoms in total. The normalized spacial score (nSPS) is 38.7. The first-order valence-corrected chi connectivity index (χ1v) is 9.27. The first-order chi connectivity index (χ1) is 12.2. The van der Waals surface area contributed by atoms with Gasteiger partial charge in [0.25, 0.3) is 0 Å². The molecular formula is C21H28O5. The van der Waals surface area contributed by atoms with Crippen LogP contribution >= 0.6 is 0 Å². The summed E-state index contributed by atoms with van der Waals surface area (Å²) in [5.41, 5.74) is -2.02. The number of fused-ring (bicyclic) bond motifs is 3. The van der Waals surface area contributed by atoms with Crippen molar-refractivity contribution in [1.29, 1.82) is 0 Å². The second-order valence-electron chi connectivity index (χ2n) is 8.50. The van der Waals surface area contributed by atoms with Gasteiger partial charge in [0, 0.05) is 23.0 Å². The van der Waals surface area contributed by atoms with Gasteiger partial charge in [0.2, 0.25) is 0 Å². The molecule has 0 radical (unpaired) electrons. The summed E-state index contributed by atoms with van der Waals surface area (Å²) in [5, 5.41) is 11.4. The third-order valence-corrected chi connectivity index (χ3v) is 6.47. The molecule has 0 aromatic carbocycles. The van der Waals surface area contributed by atoms with Crippen molar-refractivity contribution >= 4 is 11.9 Å². The zero-order valence-corrected chi connectivity index (χ0v) is 16.0. The molecule has 1 N–H and O–H groups in total. The minimum atomic E-state index is -1.63. The maximum Gasteiger partial charge on any atom is 0.343 e. The first-order valence-electron chi connectivity index (χ1n) is 9.27. The third-order valence-electron chi connectivity index (χ3n) is 6.47. The monoisotopic (exact) mass is 360 g/mol. The van der Waals surface area contributed by atoms with Crippen molar-refractivity contribution in [2.24, 2.45) is 16.7 Å². The highest BCUT2D eigenvalue weighted by Crippen LogP contribution is 2.63. The summed E-state index contributed by atoms with van der Waals surface area (Å²) in [6.07, 6.45) is 10.4. The number of hydrogen-bond donors (Lipinski definition) is 1. The van der Waals surface area contributed by atoms with E-state index in [4.69, 9.17) is 9.47 Å². The molecule has 3 rings (SSSR count). The van der Waals surface area contributed by atoms with Crippen LogP contribution in [0.15, 0.2) is 36.0 Å². The summed E-state index contributed by atoms with van der Waals surface area (Å²) >= 11 is 0. The summed E-state index contributed by atoms with van der Waals surface area (Å²) < 4.78 is 11.0. The molecule has 4 atom stereocenters. The molecular weight excluding hydrogens is 332 g/mol. The minimum absolute atomic E-state index is 0.0561. The molecule has 5 heteroatoms. The van der Waals surface area contributed by atoms with Crippen LogP contribution in [-0.4, -0.2) is 35.4 Å². The number of hydrogen-bond acceptors (Lipinski definition) is 5. The lowest BCUT2D eigenvalue weighted by Crippen LogP contribution is -2.65. The maximum absolute atomic E-state index is 12.5. The van der Waals surface area contributed by atoms with Gasteiger partial charge in [-0.2, -0.15) is 0 Å². The fraction of sp³-hybridized carbons (Fsp3) is 0.619. The Kier molecular flexibility index (Phi) is 4.63. The predicted octanol–water partition coefficient (Wildman–Crippen LogP) is 3.09. The average Bonchev–Trinajstić information content (AvgIpc) is 2.84. The topological polar surface area (TPSA) is 72.8 Å². The molecule has 2 aliphatic carbocycles. The van der Waals surface area contributed by atoms with Gasteiger partial charge < -0.3 is 14.6 Å². The molecule has 3 aliphatic rings. The molecule has 1 saturated carbocycles. The van der Waals surface area contributed by atoms with Crippen molar-refractivity contribution in [2.75, 3.05) is 6.61 Å². The Balaban J connectivity index is 2.03. The van der Waals surface area contributed by atoms with Gasteiger partial charge in [0.05, 0.1) is 0 Å². The van der Waals surface area contributed by atoms with E-state index >= 15 is 0 Å².